The zero-order chi connectivity index (χ0) is 17.7. The molecule has 128 valence electrons. The molecule has 1 aliphatic rings. The number of cyclic esters (lactones) is 1. The van der Waals surface area contributed by atoms with Gasteiger partial charge in [-0.15, -0.1) is 0 Å². The molecule has 1 saturated heterocycles. The lowest BCUT2D eigenvalue weighted by Crippen LogP contribution is -2.33. The summed E-state index contributed by atoms with van der Waals surface area (Å²) in [5.74, 6) is -0.680. The minimum atomic E-state index is -0.498. The van der Waals surface area contributed by atoms with Crippen LogP contribution in [0.4, 0.5) is 10.5 Å². The van der Waals surface area contributed by atoms with E-state index in [1.54, 1.807) is 24.3 Å². The lowest BCUT2D eigenvalue weighted by Gasteiger charge is -2.13. The highest BCUT2D eigenvalue weighted by atomic mass is 16.6. The first-order valence-electron chi connectivity index (χ1n) is 7.47. The Morgan fingerprint density at radius 3 is 2.33 bits per heavy atom. The van der Waals surface area contributed by atoms with Gasteiger partial charge in [-0.2, -0.15) is 0 Å². The van der Waals surface area contributed by atoms with Crippen LogP contribution in [0.2, 0.25) is 0 Å². The van der Waals surface area contributed by atoms with Crippen molar-refractivity contribution in [3.63, 3.8) is 0 Å². The van der Waals surface area contributed by atoms with Gasteiger partial charge in [0.25, 0.3) is 0 Å². The molecule has 0 unspecified atom stereocenters. The van der Waals surface area contributed by atoms with E-state index in [-0.39, 0.29) is 30.7 Å². The van der Waals surface area contributed by atoms with Crippen LogP contribution < -0.4 is 15.5 Å². The lowest BCUT2D eigenvalue weighted by atomic mass is 10.1. The molecule has 8 nitrogen and oxygen atoms in total. The zero-order valence-corrected chi connectivity index (χ0v) is 13.5. The highest BCUT2D eigenvalue weighted by Crippen LogP contribution is 2.22. The second kappa shape index (κ2) is 7.58. The number of anilines is 1. The van der Waals surface area contributed by atoms with Gasteiger partial charge in [0.05, 0.1) is 19.6 Å². The predicted molar refractivity (Wildman–Crippen MR) is 85.8 cm³/mol. The van der Waals surface area contributed by atoms with Crippen LogP contribution in [-0.4, -0.2) is 49.4 Å². The Kier molecular flexibility index (Phi) is 5.51. The molecule has 24 heavy (non-hydrogen) atoms. The van der Waals surface area contributed by atoms with Gasteiger partial charge in [-0.3, -0.25) is 19.3 Å². The number of carbonyl (C=O) groups excluding carboxylic acids is 4. The molecular formula is C16H19N3O5. The molecule has 8 heteroatoms. The van der Waals surface area contributed by atoms with Gasteiger partial charge in [0.15, 0.2) is 5.78 Å². The summed E-state index contributed by atoms with van der Waals surface area (Å²) in [6.45, 7) is 3.24. The Hall–Kier alpha value is -2.90. The molecular weight excluding hydrogens is 314 g/mol. The highest BCUT2D eigenvalue weighted by Gasteiger charge is 2.32. The fourth-order valence-electron chi connectivity index (χ4n) is 2.23. The Balaban J connectivity index is 1.97. The van der Waals surface area contributed by atoms with E-state index in [2.05, 4.69) is 10.6 Å². The molecule has 1 aromatic carbocycles. The van der Waals surface area contributed by atoms with E-state index < -0.39 is 12.2 Å². The van der Waals surface area contributed by atoms with E-state index >= 15 is 0 Å². The van der Waals surface area contributed by atoms with Crippen molar-refractivity contribution in [2.45, 2.75) is 20.0 Å². The van der Waals surface area contributed by atoms with Crippen molar-refractivity contribution in [1.29, 1.82) is 0 Å². The van der Waals surface area contributed by atoms with Gasteiger partial charge in [-0.25, -0.2) is 4.79 Å². The van der Waals surface area contributed by atoms with Crippen LogP contribution in [0, 0.1) is 0 Å². The molecule has 1 aromatic rings. The van der Waals surface area contributed by atoms with Crippen molar-refractivity contribution >= 4 is 29.4 Å². The highest BCUT2D eigenvalue weighted by molar-refractivity contribution is 6.00. The summed E-state index contributed by atoms with van der Waals surface area (Å²) in [4.78, 5) is 47.0. The third-order valence-corrected chi connectivity index (χ3v) is 3.45. The number of Topliss-reactive ketones (excluding diaryl/α,β-unsaturated/α-hetero) is 1. The number of carbonyl (C=O) groups is 4. The zero-order valence-electron chi connectivity index (χ0n) is 13.5. The summed E-state index contributed by atoms with van der Waals surface area (Å²) in [7, 11) is 0. The fourth-order valence-corrected chi connectivity index (χ4v) is 2.23. The van der Waals surface area contributed by atoms with Crippen LogP contribution in [0.15, 0.2) is 24.3 Å². The standard InChI is InChI=1S/C16H19N3O5/c1-10(20)17-7-14-9-19(16(23)24-14)13-5-3-12(4-6-13)15(22)8-18-11(2)21/h3-6,14H,7-9H2,1-2H3,(H,17,20)(H,18,21)/t14-/m0/s1. The number of nitrogens with zero attached hydrogens (tertiary/aromatic N) is 1. The van der Waals surface area contributed by atoms with Crippen molar-refractivity contribution < 1.29 is 23.9 Å². The molecule has 1 heterocycles. The van der Waals surface area contributed by atoms with Crippen LogP contribution in [0.5, 0.6) is 0 Å². The van der Waals surface area contributed by atoms with Crippen LogP contribution in [-0.2, 0) is 14.3 Å². The molecule has 1 fully saturated rings. The van der Waals surface area contributed by atoms with Crippen molar-refractivity contribution in [3.05, 3.63) is 29.8 Å². The normalized spacial score (nSPS) is 16.5. The quantitative estimate of drug-likeness (QED) is 0.736. The van der Waals surface area contributed by atoms with Gasteiger partial charge < -0.3 is 15.4 Å². The molecule has 0 spiro atoms. The largest absolute Gasteiger partial charge is 0.442 e. The first kappa shape index (κ1) is 17.5. The summed E-state index contributed by atoms with van der Waals surface area (Å²) >= 11 is 0. The number of ketones is 1. The SMILES string of the molecule is CC(=O)NCC(=O)c1ccc(N2C[C@H](CNC(C)=O)OC2=O)cc1. The molecule has 0 aliphatic carbocycles. The first-order valence-corrected chi connectivity index (χ1v) is 7.47. The van der Waals surface area contributed by atoms with Crippen LogP contribution in [0.3, 0.4) is 0 Å². The molecule has 0 bridgehead atoms. The second-order valence-electron chi connectivity index (χ2n) is 5.43. The molecule has 2 N–H and O–H groups in total. The third-order valence-electron chi connectivity index (χ3n) is 3.45. The van der Waals surface area contributed by atoms with Gasteiger partial charge >= 0.3 is 6.09 Å². The monoisotopic (exact) mass is 333 g/mol. The van der Waals surface area contributed by atoms with Gasteiger partial charge in [0, 0.05) is 25.1 Å². The van der Waals surface area contributed by atoms with E-state index in [0.717, 1.165) is 0 Å². The third kappa shape index (κ3) is 4.55. The molecule has 0 radical (unpaired) electrons. The maximum atomic E-state index is 11.9. The topological polar surface area (TPSA) is 105 Å². The molecule has 1 aliphatic heterocycles. The van der Waals surface area contributed by atoms with Gasteiger partial charge in [0.2, 0.25) is 11.8 Å². The Morgan fingerprint density at radius 1 is 1.12 bits per heavy atom. The van der Waals surface area contributed by atoms with Crippen LogP contribution in [0.25, 0.3) is 0 Å². The Labute approximate surface area is 139 Å². The molecule has 2 rings (SSSR count). The fraction of sp³-hybridized carbons (Fsp3) is 0.375. The van der Waals surface area contributed by atoms with Crippen molar-refractivity contribution in [2.75, 3.05) is 24.5 Å². The number of ether oxygens (including phenoxy) is 1. The number of amides is 3. The molecule has 1 atom stereocenters. The van der Waals surface area contributed by atoms with Gasteiger partial charge in [-0.05, 0) is 24.3 Å². The number of benzene rings is 1. The van der Waals surface area contributed by atoms with E-state index in [0.29, 0.717) is 17.8 Å². The van der Waals surface area contributed by atoms with Gasteiger partial charge in [-0.1, -0.05) is 0 Å². The summed E-state index contributed by atoms with van der Waals surface area (Å²) in [5, 5.41) is 5.05. The summed E-state index contributed by atoms with van der Waals surface area (Å²) in [6.07, 6.45) is -0.912. The van der Waals surface area contributed by atoms with E-state index in [4.69, 9.17) is 4.74 Å². The Bertz CT molecular complexity index is 656. The molecule has 0 aromatic heterocycles. The lowest BCUT2D eigenvalue weighted by molar-refractivity contribution is -0.119. The van der Waals surface area contributed by atoms with Crippen LogP contribution in [0.1, 0.15) is 24.2 Å². The average Bonchev–Trinajstić information content (AvgIpc) is 2.91. The van der Waals surface area contributed by atoms with Crippen molar-refractivity contribution in [1.82, 2.24) is 10.6 Å². The van der Waals surface area contributed by atoms with Crippen molar-refractivity contribution in [2.24, 2.45) is 0 Å². The van der Waals surface area contributed by atoms with E-state index in [1.807, 2.05) is 0 Å². The predicted octanol–water partition coefficient (Wildman–Crippen LogP) is 0.467. The molecule has 0 saturated carbocycles. The average molecular weight is 333 g/mol. The number of hydrogen-bond acceptors (Lipinski definition) is 5. The van der Waals surface area contributed by atoms with Gasteiger partial charge in [0.1, 0.15) is 6.10 Å². The van der Waals surface area contributed by atoms with E-state index in [9.17, 15) is 19.2 Å². The van der Waals surface area contributed by atoms with Crippen LogP contribution >= 0.6 is 0 Å². The van der Waals surface area contributed by atoms with E-state index in [1.165, 1.54) is 18.7 Å². The maximum absolute atomic E-state index is 11.9. The smallest absolute Gasteiger partial charge is 0.414 e. The number of hydrogen-bond donors (Lipinski definition) is 2. The van der Waals surface area contributed by atoms with Crippen molar-refractivity contribution in [3.8, 4) is 0 Å². The number of rotatable bonds is 6. The second-order valence-corrected chi connectivity index (χ2v) is 5.43. The minimum Gasteiger partial charge on any atom is -0.442 e. The Morgan fingerprint density at radius 2 is 1.75 bits per heavy atom. The minimum absolute atomic E-state index is 0.0702. The first-order chi connectivity index (χ1) is 11.4. The molecule has 3 amide bonds. The maximum Gasteiger partial charge on any atom is 0.414 e. The summed E-state index contributed by atoms with van der Waals surface area (Å²) in [6, 6.07) is 6.47. The summed E-state index contributed by atoms with van der Waals surface area (Å²) in [5.41, 5.74) is 1.04. The summed E-state index contributed by atoms with van der Waals surface area (Å²) < 4.78 is 5.18. The number of nitrogens with one attached hydrogen (secondary N) is 2.